The summed E-state index contributed by atoms with van der Waals surface area (Å²) in [7, 11) is 0. The molecule has 1 unspecified atom stereocenters. The van der Waals surface area contributed by atoms with Crippen LogP contribution in [-0.2, 0) is 5.41 Å². The molecule has 0 amide bonds. The van der Waals surface area contributed by atoms with E-state index in [0.29, 0.717) is 0 Å². The predicted octanol–water partition coefficient (Wildman–Crippen LogP) is 6.62. The first-order chi connectivity index (χ1) is 13.9. The highest BCUT2D eigenvalue weighted by Crippen LogP contribution is 2.39. The second-order valence-corrected chi connectivity index (χ2v) is 9.21. The Hall–Kier alpha value is -1.68. The number of hydrogen-bond donors (Lipinski definition) is 1. The van der Waals surface area contributed by atoms with Gasteiger partial charge in [-0.3, -0.25) is 15.0 Å². The van der Waals surface area contributed by atoms with Crippen LogP contribution in [0.25, 0.3) is 0 Å². The van der Waals surface area contributed by atoms with Gasteiger partial charge in [-0.05, 0) is 33.3 Å². The van der Waals surface area contributed by atoms with Crippen LogP contribution >= 0.6 is 0 Å². The number of nitrogens with one attached hydrogen (secondary N) is 1. The lowest BCUT2D eigenvalue weighted by molar-refractivity contribution is -0.788. The minimum Gasteiger partial charge on any atom is -0.273 e. The van der Waals surface area contributed by atoms with Gasteiger partial charge in [0.15, 0.2) is 0 Å². The number of nitro groups is 1. The molecule has 0 spiro atoms. The van der Waals surface area contributed by atoms with Crippen LogP contribution in [0.3, 0.4) is 0 Å². The van der Waals surface area contributed by atoms with E-state index in [1.165, 1.54) is 87.6 Å². The summed E-state index contributed by atoms with van der Waals surface area (Å²) < 4.78 is 0. The zero-order valence-corrected chi connectivity index (χ0v) is 18.9. The van der Waals surface area contributed by atoms with Gasteiger partial charge in [0.25, 0.3) is 5.69 Å². The minimum atomic E-state index is -0.303. The van der Waals surface area contributed by atoms with Gasteiger partial charge < -0.3 is 0 Å². The van der Waals surface area contributed by atoms with E-state index in [1.54, 1.807) is 12.1 Å². The SMILES string of the molecule is C=C1[NH+](CCCCCCCCCCCCCC)c2ccc([N+](=O)[O-])cc2C1(C)C. The van der Waals surface area contributed by atoms with E-state index >= 15 is 0 Å². The highest BCUT2D eigenvalue weighted by atomic mass is 16.6. The minimum absolute atomic E-state index is 0.177. The van der Waals surface area contributed by atoms with Crippen molar-refractivity contribution in [3.8, 4) is 0 Å². The Kier molecular flexibility index (Phi) is 9.35. The molecule has 4 heteroatoms. The number of fused-ring (bicyclic) bond motifs is 1. The van der Waals surface area contributed by atoms with Crippen LogP contribution in [0.15, 0.2) is 30.5 Å². The van der Waals surface area contributed by atoms with Crippen molar-refractivity contribution >= 4 is 11.4 Å². The van der Waals surface area contributed by atoms with Crippen molar-refractivity contribution in [1.82, 2.24) is 0 Å². The van der Waals surface area contributed by atoms with Crippen LogP contribution in [0.1, 0.15) is 103 Å². The molecule has 1 aliphatic heterocycles. The second-order valence-electron chi connectivity index (χ2n) is 9.21. The Morgan fingerprint density at radius 1 is 0.931 bits per heavy atom. The molecule has 1 N–H and O–H groups in total. The number of benzene rings is 1. The molecule has 1 aromatic rings. The third-order valence-corrected chi connectivity index (χ3v) is 6.61. The van der Waals surface area contributed by atoms with E-state index in [1.807, 2.05) is 6.07 Å². The molecule has 0 saturated heterocycles. The smallest absolute Gasteiger partial charge is 0.270 e. The number of quaternary nitrogens is 1. The number of allylic oxidation sites excluding steroid dienone is 1. The van der Waals surface area contributed by atoms with Gasteiger partial charge in [-0.15, -0.1) is 0 Å². The molecule has 29 heavy (non-hydrogen) atoms. The van der Waals surface area contributed by atoms with Crippen LogP contribution in [0.2, 0.25) is 0 Å². The Balaban J connectivity index is 1.69. The molecule has 0 radical (unpaired) electrons. The maximum absolute atomic E-state index is 11.1. The molecular weight excluding hydrogens is 360 g/mol. The summed E-state index contributed by atoms with van der Waals surface area (Å²) in [5.41, 5.74) is 3.33. The van der Waals surface area contributed by atoms with Crippen molar-refractivity contribution < 1.29 is 9.82 Å². The van der Waals surface area contributed by atoms with Crippen LogP contribution in [0, 0.1) is 10.1 Å². The molecule has 1 heterocycles. The summed E-state index contributed by atoms with van der Waals surface area (Å²) in [6, 6.07) is 5.31. The Morgan fingerprint density at radius 2 is 1.45 bits per heavy atom. The van der Waals surface area contributed by atoms with Crippen molar-refractivity contribution in [3.05, 3.63) is 46.2 Å². The molecule has 1 aliphatic rings. The normalized spacial score (nSPS) is 17.5. The van der Waals surface area contributed by atoms with E-state index in [0.717, 1.165) is 17.8 Å². The monoisotopic (exact) mass is 401 g/mol. The average Bonchev–Trinajstić information content (AvgIpc) is 2.88. The fourth-order valence-electron chi connectivity index (χ4n) is 4.56. The molecule has 4 nitrogen and oxygen atoms in total. The summed E-state index contributed by atoms with van der Waals surface area (Å²) in [6.45, 7) is 11.9. The zero-order valence-electron chi connectivity index (χ0n) is 18.9. The standard InChI is InChI=1S/C25H40N2O2/c1-5-6-7-8-9-10-11-12-13-14-15-16-19-26-21(2)25(3,4)23-20-22(27(28)29)17-18-24(23)26/h17-18,20H,2,5-16,19H2,1,3-4H3/p+1. The molecule has 0 aliphatic carbocycles. The van der Waals surface area contributed by atoms with Gasteiger partial charge in [-0.2, -0.15) is 0 Å². The number of non-ortho nitro benzene ring substituents is 1. The Morgan fingerprint density at radius 3 is 1.97 bits per heavy atom. The first-order valence-corrected chi connectivity index (χ1v) is 11.7. The summed E-state index contributed by atoms with van der Waals surface area (Å²) in [4.78, 5) is 12.2. The summed E-state index contributed by atoms with van der Waals surface area (Å²) in [6.07, 6.45) is 16.2. The van der Waals surface area contributed by atoms with Crippen LogP contribution in [0.5, 0.6) is 0 Å². The third kappa shape index (κ3) is 6.40. The number of rotatable bonds is 14. The molecule has 2 rings (SSSR count). The van der Waals surface area contributed by atoms with E-state index < -0.39 is 0 Å². The molecule has 1 atom stereocenters. The molecule has 0 bridgehead atoms. The number of nitrogens with zero attached hydrogens (tertiary/aromatic N) is 1. The molecule has 0 saturated carbocycles. The maximum Gasteiger partial charge on any atom is 0.270 e. The Bertz CT molecular complexity index is 681. The van der Waals surface area contributed by atoms with Crippen molar-refractivity contribution in [2.75, 3.05) is 6.54 Å². The van der Waals surface area contributed by atoms with Gasteiger partial charge in [-0.1, -0.05) is 71.1 Å². The number of nitro benzene ring substituents is 1. The van der Waals surface area contributed by atoms with Crippen molar-refractivity contribution in [3.63, 3.8) is 0 Å². The highest BCUT2D eigenvalue weighted by Gasteiger charge is 2.44. The number of hydrogen-bond acceptors (Lipinski definition) is 2. The van der Waals surface area contributed by atoms with E-state index in [-0.39, 0.29) is 16.0 Å². The Labute approximate surface area is 177 Å². The molecule has 1 aromatic carbocycles. The zero-order chi connectivity index (χ0) is 21.3. The largest absolute Gasteiger partial charge is 0.273 e. The molecule has 0 fully saturated rings. The van der Waals surface area contributed by atoms with Gasteiger partial charge in [0.05, 0.1) is 16.9 Å². The van der Waals surface area contributed by atoms with Crippen LogP contribution < -0.4 is 4.90 Å². The quantitative estimate of drug-likeness (QED) is 0.216. The summed E-state index contributed by atoms with van der Waals surface area (Å²) in [5.74, 6) is 0. The van der Waals surface area contributed by atoms with Gasteiger partial charge in [0.1, 0.15) is 11.4 Å². The highest BCUT2D eigenvalue weighted by molar-refractivity contribution is 5.57. The summed E-state index contributed by atoms with van der Waals surface area (Å²) >= 11 is 0. The molecule has 0 aromatic heterocycles. The van der Waals surface area contributed by atoms with E-state index in [4.69, 9.17) is 0 Å². The lowest BCUT2D eigenvalue weighted by Crippen LogP contribution is -3.04. The van der Waals surface area contributed by atoms with Crippen molar-refractivity contribution in [1.29, 1.82) is 0 Å². The first kappa shape index (κ1) is 23.6. The van der Waals surface area contributed by atoms with E-state index in [2.05, 4.69) is 27.4 Å². The second kappa shape index (κ2) is 11.5. The first-order valence-electron chi connectivity index (χ1n) is 11.7. The lowest BCUT2D eigenvalue weighted by Gasteiger charge is -2.20. The third-order valence-electron chi connectivity index (χ3n) is 6.61. The van der Waals surface area contributed by atoms with Crippen LogP contribution in [-0.4, -0.2) is 11.5 Å². The van der Waals surface area contributed by atoms with Gasteiger partial charge >= 0.3 is 0 Å². The predicted molar refractivity (Wildman–Crippen MR) is 122 cm³/mol. The average molecular weight is 402 g/mol. The topological polar surface area (TPSA) is 47.6 Å². The molecule has 162 valence electrons. The van der Waals surface area contributed by atoms with Crippen LogP contribution in [0.4, 0.5) is 11.4 Å². The lowest BCUT2D eigenvalue weighted by atomic mass is 9.84. The maximum atomic E-state index is 11.1. The molecular formula is C25H41N2O2+. The fourth-order valence-corrected chi connectivity index (χ4v) is 4.56. The van der Waals surface area contributed by atoms with Gasteiger partial charge in [0, 0.05) is 23.8 Å². The number of unbranched alkanes of at least 4 members (excludes halogenated alkanes) is 11. The fraction of sp³-hybridized carbons (Fsp3) is 0.680. The van der Waals surface area contributed by atoms with Crippen molar-refractivity contribution in [2.45, 2.75) is 103 Å². The summed E-state index contributed by atoms with van der Waals surface area (Å²) in [5, 5.41) is 11.1. The van der Waals surface area contributed by atoms with Gasteiger partial charge in [0.2, 0.25) is 0 Å². The van der Waals surface area contributed by atoms with Gasteiger partial charge in [-0.25, -0.2) is 0 Å². The van der Waals surface area contributed by atoms with E-state index in [9.17, 15) is 10.1 Å². The van der Waals surface area contributed by atoms with Crippen molar-refractivity contribution in [2.24, 2.45) is 0 Å².